The van der Waals surface area contributed by atoms with Crippen LogP contribution in [0.2, 0.25) is 0 Å². The van der Waals surface area contributed by atoms with Crippen molar-refractivity contribution in [3.63, 3.8) is 0 Å². The predicted molar refractivity (Wildman–Crippen MR) is 170 cm³/mol. The number of anilines is 1. The molecule has 0 bridgehead atoms. The fourth-order valence-electron chi connectivity index (χ4n) is 4.00. The Kier molecular flexibility index (Phi) is 11.3. The van der Waals surface area contributed by atoms with Crippen LogP contribution in [-0.2, 0) is 14.9 Å². The standard InChI is InChI=1S/C24H23N5O4S.C7H8O3S/c1-15-10-18(33-21-13-26-20(12-27-21)32-9-8-31-3)11-16(2)22(15)19-14-34-24(28-19)29-23(30)17-4-6-25-7-5-17;1-6-2-4-7(5-3-6)11(8,9)10/h4-7,10-14H,8-9H2,1-3H3,(H,28,29,30);2-5H,1H3,(H,8,9,10). The molecule has 2 aromatic carbocycles. The van der Waals surface area contributed by atoms with Gasteiger partial charge in [-0.25, -0.2) is 15.0 Å². The third kappa shape index (κ3) is 9.61. The number of benzene rings is 2. The maximum absolute atomic E-state index is 12.4. The molecule has 234 valence electrons. The van der Waals surface area contributed by atoms with Gasteiger partial charge in [-0.2, -0.15) is 8.42 Å². The van der Waals surface area contributed by atoms with Crippen molar-refractivity contribution in [2.24, 2.45) is 0 Å². The fraction of sp³-hybridized carbons (Fsp3) is 0.194. The van der Waals surface area contributed by atoms with Gasteiger partial charge in [-0.15, -0.1) is 11.3 Å². The van der Waals surface area contributed by atoms with E-state index in [0.29, 0.717) is 41.4 Å². The van der Waals surface area contributed by atoms with Crippen LogP contribution < -0.4 is 14.8 Å². The van der Waals surface area contributed by atoms with Gasteiger partial charge in [0.15, 0.2) is 5.13 Å². The first-order valence-electron chi connectivity index (χ1n) is 13.5. The maximum atomic E-state index is 12.4. The summed E-state index contributed by atoms with van der Waals surface area (Å²) in [5, 5.41) is 5.28. The summed E-state index contributed by atoms with van der Waals surface area (Å²) < 4.78 is 45.8. The molecule has 0 unspecified atom stereocenters. The zero-order valence-corrected chi connectivity index (χ0v) is 26.6. The van der Waals surface area contributed by atoms with Crippen molar-refractivity contribution < 1.29 is 32.0 Å². The first kappa shape index (κ1) is 33.1. The average Bonchev–Trinajstić information content (AvgIpc) is 3.46. The topological polar surface area (TPSA) is 163 Å². The average molecular weight is 650 g/mol. The number of carbonyl (C=O) groups is 1. The van der Waals surface area contributed by atoms with E-state index >= 15 is 0 Å². The van der Waals surface area contributed by atoms with Gasteiger partial charge in [0.05, 0.1) is 29.6 Å². The largest absolute Gasteiger partial charge is 0.474 e. The number of pyridine rings is 1. The quantitative estimate of drug-likeness (QED) is 0.136. The van der Waals surface area contributed by atoms with E-state index in [1.165, 1.54) is 35.9 Å². The number of ether oxygens (including phenoxy) is 3. The van der Waals surface area contributed by atoms with Crippen LogP contribution in [0.5, 0.6) is 17.5 Å². The molecule has 0 atom stereocenters. The number of aromatic nitrogens is 4. The van der Waals surface area contributed by atoms with Crippen molar-refractivity contribution in [2.75, 3.05) is 25.6 Å². The molecule has 5 rings (SSSR count). The van der Waals surface area contributed by atoms with Gasteiger partial charge in [-0.1, -0.05) is 17.7 Å². The minimum Gasteiger partial charge on any atom is -0.474 e. The second-order valence-corrected chi connectivity index (χ2v) is 11.9. The van der Waals surface area contributed by atoms with E-state index in [2.05, 4.69) is 25.3 Å². The van der Waals surface area contributed by atoms with Crippen LogP contribution in [0.3, 0.4) is 0 Å². The van der Waals surface area contributed by atoms with Crippen LogP contribution >= 0.6 is 11.3 Å². The van der Waals surface area contributed by atoms with Crippen LogP contribution in [-0.4, -0.2) is 59.1 Å². The Labute approximate surface area is 264 Å². The van der Waals surface area contributed by atoms with Crippen molar-refractivity contribution in [3.05, 3.63) is 101 Å². The number of hydrogen-bond acceptors (Lipinski definition) is 11. The molecular weight excluding hydrogens is 619 g/mol. The summed E-state index contributed by atoms with van der Waals surface area (Å²) in [7, 11) is -2.41. The summed E-state index contributed by atoms with van der Waals surface area (Å²) in [4.78, 5) is 29.3. The number of amides is 1. The van der Waals surface area contributed by atoms with Gasteiger partial charge in [0.1, 0.15) is 12.4 Å². The van der Waals surface area contributed by atoms with E-state index in [1.54, 1.807) is 43.8 Å². The normalized spacial score (nSPS) is 10.9. The van der Waals surface area contributed by atoms with E-state index in [1.807, 2.05) is 38.3 Å². The van der Waals surface area contributed by atoms with Gasteiger partial charge in [-0.3, -0.25) is 19.6 Å². The third-order valence-corrected chi connectivity index (χ3v) is 7.74. The van der Waals surface area contributed by atoms with Crippen LogP contribution in [0.15, 0.2) is 83.6 Å². The molecule has 0 radical (unpaired) electrons. The molecule has 1 amide bonds. The maximum Gasteiger partial charge on any atom is 0.294 e. The molecule has 45 heavy (non-hydrogen) atoms. The Bertz CT molecular complexity index is 1810. The lowest BCUT2D eigenvalue weighted by Crippen LogP contribution is -2.11. The van der Waals surface area contributed by atoms with Gasteiger partial charge < -0.3 is 14.2 Å². The first-order chi connectivity index (χ1) is 21.5. The van der Waals surface area contributed by atoms with Gasteiger partial charge in [0.25, 0.3) is 16.0 Å². The molecule has 3 heterocycles. The highest BCUT2D eigenvalue weighted by atomic mass is 32.2. The molecule has 0 aliphatic rings. The molecule has 0 fully saturated rings. The molecule has 2 N–H and O–H groups in total. The van der Waals surface area contributed by atoms with Crippen molar-refractivity contribution >= 4 is 32.5 Å². The highest BCUT2D eigenvalue weighted by Gasteiger charge is 2.15. The molecule has 0 saturated carbocycles. The van der Waals surface area contributed by atoms with Crippen molar-refractivity contribution in [3.8, 4) is 28.8 Å². The molecule has 0 aliphatic carbocycles. The lowest BCUT2D eigenvalue weighted by Gasteiger charge is -2.12. The molecule has 0 aliphatic heterocycles. The van der Waals surface area contributed by atoms with E-state index in [9.17, 15) is 13.2 Å². The second-order valence-electron chi connectivity index (χ2n) is 9.58. The van der Waals surface area contributed by atoms with Gasteiger partial charge >= 0.3 is 0 Å². The third-order valence-electron chi connectivity index (χ3n) is 6.11. The highest BCUT2D eigenvalue weighted by molar-refractivity contribution is 7.85. The molecule has 0 spiro atoms. The zero-order valence-electron chi connectivity index (χ0n) is 24.9. The number of methoxy groups -OCH3 is 1. The van der Waals surface area contributed by atoms with Crippen LogP contribution in [0.4, 0.5) is 5.13 Å². The fourth-order valence-corrected chi connectivity index (χ4v) is 5.17. The second kappa shape index (κ2) is 15.3. The first-order valence-corrected chi connectivity index (χ1v) is 15.8. The lowest BCUT2D eigenvalue weighted by molar-refractivity contribution is 0.102. The Morgan fingerprint density at radius 3 is 2.18 bits per heavy atom. The predicted octanol–water partition coefficient (Wildman–Crippen LogP) is 5.92. The van der Waals surface area contributed by atoms with E-state index in [0.717, 1.165) is 27.9 Å². The summed E-state index contributed by atoms with van der Waals surface area (Å²) >= 11 is 1.37. The molecule has 14 heteroatoms. The Morgan fingerprint density at radius 1 is 0.933 bits per heavy atom. The van der Waals surface area contributed by atoms with Crippen LogP contribution in [0.25, 0.3) is 11.3 Å². The molecule has 5 aromatic rings. The number of aryl methyl sites for hydroxylation is 3. The summed E-state index contributed by atoms with van der Waals surface area (Å²) in [6.07, 6.45) is 6.18. The molecular formula is C31H31N5O7S2. The van der Waals surface area contributed by atoms with Gasteiger partial charge in [0, 0.05) is 36.0 Å². The molecule has 0 saturated heterocycles. The number of thiazole rings is 1. The lowest BCUT2D eigenvalue weighted by atomic mass is 10.0. The molecule has 3 aromatic heterocycles. The minimum atomic E-state index is -4.02. The van der Waals surface area contributed by atoms with Gasteiger partial charge in [-0.05, 0) is 68.3 Å². The number of carbonyl (C=O) groups excluding carboxylic acids is 1. The van der Waals surface area contributed by atoms with Crippen LogP contribution in [0, 0.1) is 20.8 Å². The Hall–Kier alpha value is -4.76. The number of nitrogens with one attached hydrogen (secondary N) is 1. The summed E-state index contributed by atoms with van der Waals surface area (Å²) in [6.45, 7) is 6.69. The van der Waals surface area contributed by atoms with E-state index in [4.69, 9.17) is 18.8 Å². The SMILES string of the molecule is COCCOc1cnc(Oc2cc(C)c(-c3csc(NC(=O)c4ccncc4)n3)c(C)c2)cn1.Cc1ccc(S(=O)(=O)O)cc1. The van der Waals surface area contributed by atoms with Crippen molar-refractivity contribution in [2.45, 2.75) is 25.7 Å². The van der Waals surface area contributed by atoms with Gasteiger partial charge in [0.2, 0.25) is 11.8 Å². The summed E-state index contributed by atoms with van der Waals surface area (Å²) in [5.74, 6) is 1.18. The Morgan fingerprint density at radius 2 is 1.58 bits per heavy atom. The summed E-state index contributed by atoms with van der Waals surface area (Å²) in [6, 6.07) is 13.1. The minimum absolute atomic E-state index is 0.0666. The Balaban J connectivity index is 0.000000354. The van der Waals surface area contributed by atoms with E-state index in [-0.39, 0.29) is 10.8 Å². The monoisotopic (exact) mass is 649 g/mol. The molecule has 12 nitrogen and oxygen atoms in total. The highest BCUT2D eigenvalue weighted by Crippen LogP contribution is 2.34. The summed E-state index contributed by atoms with van der Waals surface area (Å²) in [5.41, 5.74) is 5.23. The number of hydrogen-bond donors (Lipinski definition) is 2. The number of nitrogens with zero attached hydrogens (tertiary/aromatic N) is 4. The number of rotatable bonds is 10. The van der Waals surface area contributed by atoms with Crippen molar-refractivity contribution in [1.82, 2.24) is 19.9 Å². The van der Waals surface area contributed by atoms with Crippen LogP contribution in [0.1, 0.15) is 27.0 Å². The smallest absolute Gasteiger partial charge is 0.294 e. The zero-order chi connectivity index (χ0) is 32.4. The van der Waals surface area contributed by atoms with E-state index < -0.39 is 10.1 Å². The van der Waals surface area contributed by atoms with Crippen molar-refractivity contribution in [1.29, 1.82) is 0 Å².